The van der Waals surface area contributed by atoms with E-state index in [-0.39, 0.29) is 11.1 Å². The predicted molar refractivity (Wildman–Crippen MR) is 80.6 cm³/mol. The summed E-state index contributed by atoms with van der Waals surface area (Å²) in [6.07, 6.45) is 0. The Morgan fingerprint density at radius 3 is 2.71 bits per heavy atom. The van der Waals surface area contributed by atoms with Crippen molar-refractivity contribution >= 4 is 17.3 Å². The van der Waals surface area contributed by atoms with Crippen LogP contribution in [0.4, 0.5) is 0 Å². The second-order valence-electron chi connectivity index (χ2n) is 5.80. The van der Waals surface area contributed by atoms with Gasteiger partial charge in [-0.05, 0) is 13.8 Å². The van der Waals surface area contributed by atoms with Gasteiger partial charge in [0.25, 0.3) is 0 Å². The summed E-state index contributed by atoms with van der Waals surface area (Å²) < 4.78 is 6.63. The lowest BCUT2D eigenvalue weighted by Gasteiger charge is -2.13. The summed E-state index contributed by atoms with van der Waals surface area (Å²) in [7, 11) is 0. The molecule has 0 atom stereocenters. The zero-order valence-corrected chi connectivity index (χ0v) is 13.8. The molecule has 0 fully saturated rings. The van der Waals surface area contributed by atoms with E-state index in [4.69, 9.17) is 4.74 Å². The third kappa shape index (κ3) is 3.47. The van der Waals surface area contributed by atoms with E-state index in [0.29, 0.717) is 18.8 Å². The van der Waals surface area contributed by atoms with E-state index < -0.39 is 5.97 Å². The minimum atomic E-state index is -0.435. The highest BCUT2D eigenvalue weighted by Crippen LogP contribution is 2.25. The smallest absolute Gasteiger partial charge is 0.360 e. The molecule has 2 heterocycles. The first-order valence-corrected chi connectivity index (χ1v) is 7.73. The van der Waals surface area contributed by atoms with Crippen LogP contribution in [-0.2, 0) is 16.7 Å². The topological polar surface area (TPSA) is 69.9 Å². The van der Waals surface area contributed by atoms with Crippen molar-refractivity contribution in [1.29, 1.82) is 0 Å². The maximum atomic E-state index is 11.7. The minimum absolute atomic E-state index is 0.0381. The molecule has 0 N–H and O–H groups in total. The highest BCUT2D eigenvalue weighted by molar-refractivity contribution is 7.09. The largest absolute Gasteiger partial charge is 0.461 e. The third-order valence-electron chi connectivity index (χ3n) is 2.96. The molecular formula is C14H20N4O2S. The average Bonchev–Trinajstić information content (AvgIpc) is 2.98. The number of aromatic nitrogens is 4. The quantitative estimate of drug-likeness (QED) is 0.812. The van der Waals surface area contributed by atoms with Crippen molar-refractivity contribution in [1.82, 2.24) is 20.0 Å². The van der Waals surface area contributed by atoms with Gasteiger partial charge in [0.2, 0.25) is 0 Å². The van der Waals surface area contributed by atoms with Gasteiger partial charge in [-0.25, -0.2) is 14.5 Å². The Kier molecular flexibility index (Phi) is 4.41. The number of carbonyl (C=O) groups is 1. The molecule has 0 unspecified atom stereocenters. The van der Waals surface area contributed by atoms with Crippen molar-refractivity contribution in [3.05, 3.63) is 27.5 Å². The van der Waals surface area contributed by atoms with Crippen LogP contribution in [-0.4, -0.2) is 32.6 Å². The van der Waals surface area contributed by atoms with Crippen LogP contribution in [0.25, 0.3) is 0 Å². The Hall–Kier alpha value is -1.76. The Bertz CT molecular complexity index is 640. The van der Waals surface area contributed by atoms with Crippen LogP contribution in [0.1, 0.15) is 54.6 Å². The van der Waals surface area contributed by atoms with Gasteiger partial charge in [0.15, 0.2) is 5.69 Å². The maximum Gasteiger partial charge on any atom is 0.360 e. The molecule has 2 aromatic rings. The van der Waals surface area contributed by atoms with Crippen LogP contribution in [0.3, 0.4) is 0 Å². The van der Waals surface area contributed by atoms with Gasteiger partial charge in [0.1, 0.15) is 0 Å². The third-order valence-corrected chi connectivity index (χ3v) is 4.27. The van der Waals surface area contributed by atoms with Gasteiger partial charge >= 0.3 is 5.97 Å². The number of carbonyl (C=O) groups excluding carboxylic acids is 1. The number of rotatable bonds is 4. The molecule has 0 saturated carbocycles. The number of hydrogen-bond acceptors (Lipinski definition) is 6. The molecule has 0 saturated heterocycles. The molecular weight excluding hydrogens is 288 g/mol. The molecule has 2 aromatic heterocycles. The Morgan fingerprint density at radius 2 is 2.14 bits per heavy atom. The van der Waals surface area contributed by atoms with Crippen LogP contribution in [0, 0.1) is 6.92 Å². The molecule has 21 heavy (non-hydrogen) atoms. The second kappa shape index (κ2) is 5.93. The van der Waals surface area contributed by atoms with Gasteiger partial charge in [-0.15, -0.1) is 16.4 Å². The summed E-state index contributed by atoms with van der Waals surface area (Å²) in [5, 5.41) is 11.0. The zero-order valence-electron chi connectivity index (χ0n) is 13.0. The number of hydrogen-bond donors (Lipinski definition) is 0. The number of thiazole rings is 1. The molecule has 0 amide bonds. The fourth-order valence-corrected chi connectivity index (χ4v) is 2.67. The number of ether oxygens (including phenoxy) is 1. The van der Waals surface area contributed by atoms with E-state index in [1.165, 1.54) is 0 Å². The Morgan fingerprint density at radius 1 is 1.43 bits per heavy atom. The van der Waals surface area contributed by atoms with Crippen LogP contribution in [0.2, 0.25) is 0 Å². The SMILES string of the molecule is CCOC(=O)c1nnn(Cc2csc(C(C)(C)C)n2)c1C. The van der Waals surface area contributed by atoms with Gasteiger partial charge in [-0.2, -0.15) is 0 Å². The molecule has 0 bridgehead atoms. The van der Waals surface area contributed by atoms with Crippen LogP contribution < -0.4 is 0 Å². The highest BCUT2D eigenvalue weighted by Gasteiger charge is 2.20. The second-order valence-corrected chi connectivity index (χ2v) is 6.65. The maximum absolute atomic E-state index is 11.7. The van der Waals surface area contributed by atoms with Crippen molar-refractivity contribution in [2.24, 2.45) is 0 Å². The monoisotopic (exact) mass is 308 g/mol. The first kappa shape index (κ1) is 15.6. The van der Waals surface area contributed by atoms with Crippen LogP contribution in [0.15, 0.2) is 5.38 Å². The standard InChI is InChI=1S/C14H20N4O2S/c1-6-20-12(19)11-9(2)18(17-16-11)7-10-8-21-13(15-10)14(3,4)5/h8H,6-7H2,1-5H3. The van der Waals surface area contributed by atoms with E-state index in [1.54, 1.807) is 22.9 Å². The molecule has 7 heteroatoms. The average molecular weight is 308 g/mol. The predicted octanol–water partition coefficient (Wildman–Crippen LogP) is 2.57. The lowest BCUT2D eigenvalue weighted by molar-refractivity contribution is 0.0518. The van der Waals surface area contributed by atoms with Crippen LogP contribution >= 0.6 is 11.3 Å². The number of esters is 1. The van der Waals surface area contributed by atoms with Gasteiger partial charge in [-0.3, -0.25) is 0 Å². The van der Waals surface area contributed by atoms with E-state index in [2.05, 4.69) is 36.1 Å². The molecule has 6 nitrogen and oxygen atoms in total. The van der Waals surface area contributed by atoms with Crippen molar-refractivity contribution in [3.63, 3.8) is 0 Å². The van der Waals surface area contributed by atoms with Gasteiger partial charge in [0.05, 0.1) is 29.5 Å². The number of nitrogens with zero attached hydrogens (tertiary/aromatic N) is 4. The van der Waals surface area contributed by atoms with Crippen molar-refractivity contribution < 1.29 is 9.53 Å². The molecule has 0 aliphatic heterocycles. The van der Waals surface area contributed by atoms with E-state index >= 15 is 0 Å². The van der Waals surface area contributed by atoms with E-state index in [1.807, 2.05) is 12.3 Å². The van der Waals surface area contributed by atoms with Crippen LogP contribution in [0.5, 0.6) is 0 Å². The summed E-state index contributed by atoms with van der Waals surface area (Å²) in [4.78, 5) is 16.3. The zero-order chi connectivity index (χ0) is 15.6. The first-order chi connectivity index (χ1) is 9.82. The first-order valence-electron chi connectivity index (χ1n) is 6.85. The van der Waals surface area contributed by atoms with Gasteiger partial charge in [-0.1, -0.05) is 26.0 Å². The van der Waals surface area contributed by atoms with E-state index in [0.717, 1.165) is 10.7 Å². The van der Waals surface area contributed by atoms with Crippen molar-refractivity contribution in [2.75, 3.05) is 6.61 Å². The van der Waals surface area contributed by atoms with Crippen molar-refractivity contribution in [3.8, 4) is 0 Å². The summed E-state index contributed by atoms with van der Waals surface area (Å²) in [6.45, 7) is 10.8. The van der Waals surface area contributed by atoms with E-state index in [9.17, 15) is 4.79 Å². The summed E-state index contributed by atoms with van der Waals surface area (Å²) in [6, 6.07) is 0. The highest BCUT2D eigenvalue weighted by atomic mass is 32.1. The molecule has 2 rings (SSSR count). The fraction of sp³-hybridized carbons (Fsp3) is 0.571. The molecule has 114 valence electrons. The van der Waals surface area contributed by atoms with Gasteiger partial charge < -0.3 is 4.74 Å². The summed E-state index contributed by atoms with van der Waals surface area (Å²) in [5.74, 6) is -0.435. The van der Waals surface area contributed by atoms with Gasteiger partial charge in [0, 0.05) is 10.8 Å². The summed E-state index contributed by atoms with van der Waals surface area (Å²) >= 11 is 1.64. The Balaban J connectivity index is 2.17. The lowest BCUT2D eigenvalue weighted by atomic mass is 9.98. The lowest BCUT2D eigenvalue weighted by Crippen LogP contribution is -2.12. The minimum Gasteiger partial charge on any atom is -0.461 e. The molecule has 0 aliphatic rings. The fourth-order valence-electron chi connectivity index (χ4n) is 1.78. The molecule has 0 spiro atoms. The molecule has 0 aliphatic carbocycles. The Labute approximate surface area is 128 Å². The summed E-state index contributed by atoms with van der Waals surface area (Å²) in [5.41, 5.74) is 1.92. The normalized spacial score (nSPS) is 11.7. The molecule has 0 radical (unpaired) electrons. The molecule has 0 aromatic carbocycles. The van der Waals surface area contributed by atoms with Crippen molar-refractivity contribution in [2.45, 2.75) is 46.6 Å².